The van der Waals surface area contributed by atoms with E-state index in [4.69, 9.17) is 0 Å². The van der Waals surface area contributed by atoms with Crippen molar-refractivity contribution in [2.75, 3.05) is 6.54 Å². The van der Waals surface area contributed by atoms with E-state index in [0.717, 1.165) is 17.8 Å². The number of aryl methyl sites for hydroxylation is 1. The molecule has 1 aromatic heterocycles. The van der Waals surface area contributed by atoms with Crippen LogP contribution in [-0.4, -0.2) is 17.0 Å². The molecule has 0 saturated heterocycles. The Morgan fingerprint density at radius 3 is 3.00 bits per heavy atom. The van der Waals surface area contributed by atoms with Gasteiger partial charge in [-0.3, -0.25) is 4.79 Å². The van der Waals surface area contributed by atoms with Gasteiger partial charge in [0.15, 0.2) is 0 Å². The lowest BCUT2D eigenvalue weighted by Gasteiger charge is -2.25. The van der Waals surface area contributed by atoms with Crippen LogP contribution in [0.4, 0.5) is 0 Å². The third-order valence-corrected chi connectivity index (χ3v) is 3.91. The minimum Gasteiger partial charge on any atom is -0.353 e. The van der Waals surface area contributed by atoms with E-state index in [0.29, 0.717) is 13.1 Å². The van der Waals surface area contributed by atoms with Gasteiger partial charge in [0.25, 0.3) is 0 Å². The number of benzene rings is 1. The molecule has 0 bridgehead atoms. The van der Waals surface area contributed by atoms with Crippen molar-refractivity contribution < 1.29 is 4.79 Å². The number of rotatable bonds is 3. The van der Waals surface area contributed by atoms with Gasteiger partial charge in [0, 0.05) is 32.0 Å². The first-order valence-electron chi connectivity index (χ1n) is 6.92. The number of fused-ring (bicyclic) bond motifs is 1. The monoisotopic (exact) mass is 269 g/mol. The van der Waals surface area contributed by atoms with Crippen LogP contribution in [-0.2, 0) is 24.9 Å². The summed E-state index contributed by atoms with van der Waals surface area (Å²) in [7, 11) is 1.99. The Labute approximate surface area is 118 Å². The summed E-state index contributed by atoms with van der Waals surface area (Å²) in [6, 6.07) is 12.2. The van der Waals surface area contributed by atoms with Crippen LogP contribution in [0.1, 0.15) is 22.7 Å². The van der Waals surface area contributed by atoms with Crippen LogP contribution < -0.4 is 10.6 Å². The number of carbonyl (C=O) groups excluding carboxylic acids is 1. The molecule has 0 radical (unpaired) electrons. The van der Waals surface area contributed by atoms with E-state index in [1.165, 1.54) is 5.56 Å². The highest BCUT2D eigenvalue weighted by molar-refractivity contribution is 5.84. The zero-order chi connectivity index (χ0) is 13.9. The molecule has 0 spiro atoms. The molecule has 1 amide bonds. The summed E-state index contributed by atoms with van der Waals surface area (Å²) in [6.07, 6.45) is 1.99. The second kappa shape index (κ2) is 5.51. The first-order chi connectivity index (χ1) is 9.75. The Hall–Kier alpha value is -2.07. The third-order valence-electron chi connectivity index (χ3n) is 3.91. The van der Waals surface area contributed by atoms with Crippen LogP contribution >= 0.6 is 0 Å². The zero-order valence-corrected chi connectivity index (χ0v) is 11.6. The Morgan fingerprint density at radius 2 is 2.20 bits per heavy atom. The highest BCUT2D eigenvalue weighted by Crippen LogP contribution is 2.23. The van der Waals surface area contributed by atoms with Gasteiger partial charge in [0.1, 0.15) is 0 Å². The van der Waals surface area contributed by atoms with E-state index in [1.807, 2.05) is 42.1 Å². The zero-order valence-electron chi connectivity index (χ0n) is 11.6. The van der Waals surface area contributed by atoms with Crippen molar-refractivity contribution in [3.63, 3.8) is 0 Å². The molecule has 0 aliphatic carbocycles. The summed E-state index contributed by atoms with van der Waals surface area (Å²) in [6.45, 7) is 2.12. The van der Waals surface area contributed by atoms with Gasteiger partial charge in [0.05, 0.1) is 12.5 Å². The van der Waals surface area contributed by atoms with Crippen LogP contribution in [0, 0.1) is 0 Å². The number of hydrogen-bond donors (Lipinski definition) is 2. The van der Waals surface area contributed by atoms with Crippen molar-refractivity contribution in [3.05, 3.63) is 59.4 Å². The molecular formula is C16H19N3O. The lowest BCUT2D eigenvalue weighted by molar-refractivity contribution is -0.122. The summed E-state index contributed by atoms with van der Waals surface area (Å²) in [4.78, 5) is 12.4. The van der Waals surface area contributed by atoms with Crippen LogP contribution in [0.25, 0.3) is 0 Å². The van der Waals surface area contributed by atoms with Crippen LogP contribution in [0.2, 0.25) is 0 Å². The lowest BCUT2D eigenvalue weighted by atomic mass is 9.90. The van der Waals surface area contributed by atoms with Gasteiger partial charge in [0.2, 0.25) is 5.91 Å². The lowest BCUT2D eigenvalue weighted by Crippen LogP contribution is -2.38. The average molecular weight is 269 g/mol. The average Bonchev–Trinajstić information content (AvgIpc) is 2.89. The largest absolute Gasteiger partial charge is 0.353 e. The first-order valence-corrected chi connectivity index (χ1v) is 6.92. The van der Waals surface area contributed by atoms with E-state index < -0.39 is 0 Å². The molecule has 3 rings (SSSR count). The second-order valence-corrected chi connectivity index (χ2v) is 5.21. The number of carbonyl (C=O) groups is 1. The molecular weight excluding hydrogens is 250 g/mol. The highest BCUT2D eigenvalue weighted by Gasteiger charge is 2.25. The SMILES string of the molecule is Cn1cccc1CNC(=O)C1CNCc2ccccc21. The Bertz CT molecular complexity index is 618. The van der Waals surface area contributed by atoms with Crippen molar-refractivity contribution >= 4 is 5.91 Å². The summed E-state index contributed by atoms with van der Waals surface area (Å²) in [5, 5.41) is 6.35. The van der Waals surface area contributed by atoms with E-state index >= 15 is 0 Å². The summed E-state index contributed by atoms with van der Waals surface area (Å²) >= 11 is 0. The minimum absolute atomic E-state index is 0.0888. The van der Waals surface area contributed by atoms with E-state index in [2.05, 4.69) is 22.8 Å². The number of nitrogens with one attached hydrogen (secondary N) is 2. The predicted molar refractivity (Wildman–Crippen MR) is 78.1 cm³/mol. The van der Waals surface area contributed by atoms with Gasteiger partial charge in [-0.15, -0.1) is 0 Å². The van der Waals surface area contributed by atoms with Gasteiger partial charge in [-0.1, -0.05) is 24.3 Å². The second-order valence-electron chi connectivity index (χ2n) is 5.21. The Balaban J connectivity index is 1.71. The first kappa shape index (κ1) is 12.9. The van der Waals surface area contributed by atoms with Gasteiger partial charge < -0.3 is 15.2 Å². The maximum absolute atomic E-state index is 12.4. The molecule has 0 saturated carbocycles. The quantitative estimate of drug-likeness (QED) is 0.887. The standard InChI is InChI=1S/C16H19N3O/c1-19-8-4-6-13(19)10-18-16(20)15-11-17-9-12-5-2-3-7-14(12)15/h2-8,15,17H,9-11H2,1H3,(H,18,20). The van der Waals surface area contributed by atoms with E-state index in [1.54, 1.807) is 0 Å². The molecule has 1 aliphatic heterocycles. The fourth-order valence-corrected chi connectivity index (χ4v) is 2.71. The molecule has 2 aromatic rings. The molecule has 104 valence electrons. The molecule has 1 atom stereocenters. The molecule has 4 heteroatoms. The molecule has 1 aliphatic rings. The Morgan fingerprint density at radius 1 is 1.35 bits per heavy atom. The van der Waals surface area contributed by atoms with E-state index in [9.17, 15) is 4.79 Å². The summed E-state index contributed by atoms with van der Waals surface area (Å²) in [5.74, 6) is -0.00827. The fraction of sp³-hybridized carbons (Fsp3) is 0.312. The molecule has 4 nitrogen and oxygen atoms in total. The number of nitrogens with zero attached hydrogens (tertiary/aromatic N) is 1. The normalized spacial score (nSPS) is 17.6. The maximum Gasteiger partial charge on any atom is 0.229 e. The highest BCUT2D eigenvalue weighted by atomic mass is 16.1. The van der Waals surface area contributed by atoms with Crippen molar-refractivity contribution in [3.8, 4) is 0 Å². The fourth-order valence-electron chi connectivity index (χ4n) is 2.71. The molecule has 1 unspecified atom stereocenters. The number of amides is 1. The van der Waals surface area contributed by atoms with Gasteiger partial charge >= 0.3 is 0 Å². The predicted octanol–water partition coefficient (Wildman–Crippen LogP) is 1.53. The minimum atomic E-state index is -0.0970. The molecule has 2 N–H and O–H groups in total. The maximum atomic E-state index is 12.4. The van der Waals surface area contributed by atoms with Crippen LogP contribution in [0.3, 0.4) is 0 Å². The smallest absolute Gasteiger partial charge is 0.229 e. The van der Waals surface area contributed by atoms with Crippen molar-refractivity contribution in [2.45, 2.75) is 19.0 Å². The molecule has 1 aromatic carbocycles. The van der Waals surface area contributed by atoms with Gasteiger partial charge in [-0.05, 0) is 23.3 Å². The van der Waals surface area contributed by atoms with Crippen molar-refractivity contribution in [2.24, 2.45) is 7.05 Å². The van der Waals surface area contributed by atoms with Crippen LogP contribution in [0.5, 0.6) is 0 Å². The summed E-state index contributed by atoms with van der Waals surface area (Å²) < 4.78 is 2.02. The number of aromatic nitrogens is 1. The molecule has 0 fully saturated rings. The van der Waals surface area contributed by atoms with Crippen LogP contribution in [0.15, 0.2) is 42.6 Å². The number of hydrogen-bond acceptors (Lipinski definition) is 2. The Kier molecular flexibility index (Phi) is 3.56. The van der Waals surface area contributed by atoms with E-state index in [-0.39, 0.29) is 11.8 Å². The van der Waals surface area contributed by atoms with Crippen molar-refractivity contribution in [1.82, 2.24) is 15.2 Å². The van der Waals surface area contributed by atoms with Gasteiger partial charge in [-0.2, -0.15) is 0 Å². The molecule has 2 heterocycles. The van der Waals surface area contributed by atoms with Crippen molar-refractivity contribution in [1.29, 1.82) is 0 Å². The van der Waals surface area contributed by atoms with Gasteiger partial charge in [-0.25, -0.2) is 0 Å². The third kappa shape index (κ3) is 2.47. The molecule has 20 heavy (non-hydrogen) atoms. The topological polar surface area (TPSA) is 46.1 Å². The summed E-state index contributed by atoms with van der Waals surface area (Å²) in [5.41, 5.74) is 3.48.